The highest BCUT2D eigenvalue weighted by molar-refractivity contribution is 5.12. The molecule has 1 heteroatoms. The van der Waals surface area contributed by atoms with Gasteiger partial charge in [0.15, 0.2) is 0 Å². The van der Waals surface area contributed by atoms with Crippen LogP contribution < -0.4 is 5.32 Å². The van der Waals surface area contributed by atoms with Gasteiger partial charge < -0.3 is 5.32 Å². The molecule has 0 aromatic heterocycles. The first kappa shape index (κ1) is 7.64. The quantitative estimate of drug-likeness (QED) is 0.587. The van der Waals surface area contributed by atoms with Crippen molar-refractivity contribution in [1.29, 1.82) is 0 Å². The zero-order valence-electron chi connectivity index (χ0n) is 7.20. The fraction of sp³-hybridized carbons (Fsp3) is 0.778. The zero-order valence-corrected chi connectivity index (χ0v) is 7.20. The van der Waals surface area contributed by atoms with E-state index in [9.17, 15) is 0 Å². The molecular formula is C9H17N. The Kier molecular flexibility index (Phi) is 1.76. The second-order valence-electron chi connectivity index (χ2n) is 3.73. The van der Waals surface area contributed by atoms with Crippen LogP contribution in [-0.2, 0) is 0 Å². The smallest absolute Gasteiger partial charge is 0.0153 e. The molecule has 0 saturated carbocycles. The fourth-order valence-electron chi connectivity index (χ4n) is 1.46. The van der Waals surface area contributed by atoms with Crippen molar-refractivity contribution in [2.45, 2.75) is 27.2 Å². The van der Waals surface area contributed by atoms with E-state index >= 15 is 0 Å². The van der Waals surface area contributed by atoms with Crippen molar-refractivity contribution in [3.05, 3.63) is 12.3 Å². The van der Waals surface area contributed by atoms with Crippen molar-refractivity contribution in [3.63, 3.8) is 0 Å². The third-order valence-electron chi connectivity index (χ3n) is 2.95. The molecular weight excluding hydrogens is 122 g/mol. The molecule has 1 aliphatic rings. The van der Waals surface area contributed by atoms with Gasteiger partial charge in [0.2, 0.25) is 0 Å². The van der Waals surface area contributed by atoms with Crippen molar-refractivity contribution in [2.24, 2.45) is 11.3 Å². The maximum absolute atomic E-state index is 4.02. The lowest BCUT2D eigenvalue weighted by Crippen LogP contribution is -2.23. The summed E-state index contributed by atoms with van der Waals surface area (Å²) in [7, 11) is 0. The van der Waals surface area contributed by atoms with Gasteiger partial charge in [-0.15, -0.1) is 0 Å². The van der Waals surface area contributed by atoms with Crippen LogP contribution in [0.3, 0.4) is 0 Å². The van der Waals surface area contributed by atoms with Gasteiger partial charge in [0.05, 0.1) is 0 Å². The Morgan fingerprint density at radius 1 is 1.60 bits per heavy atom. The van der Waals surface area contributed by atoms with Crippen LogP contribution in [0.5, 0.6) is 0 Å². The second-order valence-corrected chi connectivity index (χ2v) is 3.73. The zero-order chi connectivity index (χ0) is 7.78. The van der Waals surface area contributed by atoms with E-state index in [1.807, 2.05) is 0 Å². The maximum Gasteiger partial charge on any atom is 0.0153 e. The van der Waals surface area contributed by atoms with Crippen LogP contribution in [0.15, 0.2) is 12.3 Å². The third-order valence-corrected chi connectivity index (χ3v) is 2.95. The maximum atomic E-state index is 4.02. The predicted molar refractivity (Wildman–Crippen MR) is 44.7 cm³/mol. The van der Waals surface area contributed by atoms with Gasteiger partial charge in [-0.25, -0.2) is 0 Å². The Morgan fingerprint density at radius 2 is 2.20 bits per heavy atom. The molecule has 1 fully saturated rings. The number of hydrogen-bond donors (Lipinski definition) is 1. The van der Waals surface area contributed by atoms with Crippen molar-refractivity contribution < 1.29 is 0 Å². The minimum atomic E-state index is 0.347. The first-order valence-electron chi connectivity index (χ1n) is 4.00. The van der Waals surface area contributed by atoms with E-state index in [4.69, 9.17) is 0 Å². The number of allylic oxidation sites excluding steroid dienone is 1. The summed E-state index contributed by atoms with van der Waals surface area (Å²) in [5.41, 5.74) is 1.57. The molecule has 0 aromatic carbocycles. The summed E-state index contributed by atoms with van der Waals surface area (Å²) < 4.78 is 0. The van der Waals surface area contributed by atoms with Gasteiger partial charge in [-0.2, -0.15) is 0 Å². The van der Waals surface area contributed by atoms with Crippen LogP contribution in [-0.4, -0.2) is 6.54 Å². The standard InChI is InChI=1S/C9H17N/c1-7(2)9(4)5-6-10-8(9)3/h7,10H,3,5-6H2,1-2,4H3. The molecule has 1 heterocycles. The van der Waals surface area contributed by atoms with E-state index in [0.29, 0.717) is 11.3 Å². The third kappa shape index (κ3) is 0.938. The van der Waals surface area contributed by atoms with E-state index in [1.165, 1.54) is 12.1 Å². The van der Waals surface area contributed by atoms with Gasteiger partial charge >= 0.3 is 0 Å². The summed E-state index contributed by atoms with van der Waals surface area (Å²) in [5, 5.41) is 3.30. The van der Waals surface area contributed by atoms with Crippen LogP contribution in [0.1, 0.15) is 27.2 Å². The molecule has 10 heavy (non-hydrogen) atoms. The minimum Gasteiger partial charge on any atom is -0.388 e. The van der Waals surface area contributed by atoms with E-state index in [-0.39, 0.29) is 0 Å². The molecule has 1 N–H and O–H groups in total. The van der Waals surface area contributed by atoms with E-state index in [2.05, 4.69) is 32.7 Å². The highest BCUT2D eigenvalue weighted by Crippen LogP contribution is 2.39. The summed E-state index contributed by atoms with van der Waals surface area (Å²) in [5.74, 6) is 0.704. The highest BCUT2D eigenvalue weighted by atomic mass is 14.9. The first-order chi connectivity index (χ1) is 4.57. The van der Waals surface area contributed by atoms with Gasteiger partial charge in [0.25, 0.3) is 0 Å². The van der Waals surface area contributed by atoms with Crippen molar-refractivity contribution in [1.82, 2.24) is 5.32 Å². The monoisotopic (exact) mass is 139 g/mol. The first-order valence-corrected chi connectivity index (χ1v) is 4.00. The van der Waals surface area contributed by atoms with Crippen LogP contribution in [0, 0.1) is 11.3 Å². The largest absolute Gasteiger partial charge is 0.388 e. The van der Waals surface area contributed by atoms with Gasteiger partial charge in [0.1, 0.15) is 0 Å². The highest BCUT2D eigenvalue weighted by Gasteiger charge is 2.35. The summed E-state index contributed by atoms with van der Waals surface area (Å²) in [6.45, 7) is 11.9. The lowest BCUT2D eigenvalue weighted by molar-refractivity contribution is 0.289. The molecule has 1 nitrogen and oxygen atoms in total. The van der Waals surface area contributed by atoms with E-state index in [0.717, 1.165) is 6.54 Å². The normalized spacial score (nSPS) is 33.0. The molecule has 1 unspecified atom stereocenters. The Hall–Kier alpha value is -0.460. The summed E-state index contributed by atoms with van der Waals surface area (Å²) in [6.07, 6.45) is 1.24. The molecule has 1 atom stereocenters. The van der Waals surface area contributed by atoms with Crippen molar-refractivity contribution in [2.75, 3.05) is 6.54 Å². The van der Waals surface area contributed by atoms with Crippen LogP contribution in [0.2, 0.25) is 0 Å². The van der Waals surface area contributed by atoms with Crippen LogP contribution in [0.25, 0.3) is 0 Å². The average molecular weight is 139 g/mol. The second kappa shape index (κ2) is 2.30. The molecule has 0 spiro atoms. The topological polar surface area (TPSA) is 12.0 Å². The summed E-state index contributed by atoms with van der Waals surface area (Å²) >= 11 is 0. The summed E-state index contributed by atoms with van der Waals surface area (Å²) in [6, 6.07) is 0. The Labute approximate surface area is 63.5 Å². The lowest BCUT2D eigenvalue weighted by atomic mass is 9.76. The molecule has 1 rings (SSSR count). The Morgan fingerprint density at radius 3 is 2.40 bits per heavy atom. The SMILES string of the molecule is C=C1NCCC1(C)C(C)C. The summed E-state index contributed by atoms with van der Waals surface area (Å²) in [4.78, 5) is 0. The minimum absolute atomic E-state index is 0.347. The number of nitrogens with one attached hydrogen (secondary N) is 1. The Bertz CT molecular complexity index is 149. The van der Waals surface area contributed by atoms with Gasteiger partial charge in [-0.3, -0.25) is 0 Å². The average Bonchev–Trinajstić information content (AvgIpc) is 2.15. The van der Waals surface area contributed by atoms with Gasteiger partial charge in [-0.05, 0) is 12.3 Å². The lowest BCUT2D eigenvalue weighted by Gasteiger charge is -2.28. The molecule has 1 aliphatic heterocycles. The van der Waals surface area contributed by atoms with Gasteiger partial charge in [-0.1, -0.05) is 27.4 Å². The van der Waals surface area contributed by atoms with Crippen LogP contribution in [0.4, 0.5) is 0 Å². The van der Waals surface area contributed by atoms with Crippen molar-refractivity contribution in [3.8, 4) is 0 Å². The molecule has 0 aliphatic carbocycles. The molecule has 0 amide bonds. The molecule has 0 radical (unpaired) electrons. The number of rotatable bonds is 1. The molecule has 0 bridgehead atoms. The van der Waals surface area contributed by atoms with E-state index < -0.39 is 0 Å². The number of hydrogen-bond acceptors (Lipinski definition) is 1. The van der Waals surface area contributed by atoms with Gasteiger partial charge in [0, 0.05) is 17.7 Å². The fourth-order valence-corrected chi connectivity index (χ4v) is 1.46. The Balaban J connectivity index is 2.75. The predicted octanol–water partition coefficient (Wildman–Crippen LogP) is 2.16. The van der Waals surface area contributed by atoms with E-state index in [1.54, 1.807) is 0 Å². The molecule has 0 aromatic rings. The molecule has 58 valence electrons. The van der Waals surface area contributed by atoms with Crippen molar-refractivity contribution >= 4 is 0 Å². The molecule has 1 saturated heterocycles. The van der Waals surface area contributed by atoms with Crippen LogP contribution >= 0.6 is 0 Å².